The van der Waals surface area contributed by atoms with Gasteiger partial charge >= 0.3 is 6.09 Å². The molecule has 0 aromatic heterocycles. The zero-order chi connectivity index (χ0) is 9.19. The molecule has 1 fully saturated rings. The molecule has 12 heavy (non-hydrogen) atoms. The molecule has 1 heterocycles. The molecule has 0 radical (unpaired) electrons. The monoisotopic (exact) mass is 173 g/mol. The van der Waals surface area contributed by atoms with E-state index in [9.17, 15) is 4.79 Å². The molecular weight excluding hydrogens is 158 g/mol. The number of carbonyl (C=O) groups excluding carboxylic acids is 1. The third kappa shape index (κ3) is 4.18. The number of alkyl carbamates (subject to hydrolysis) is 1. The van der Waals surface area contributed by atoms with Gasteiger partial charge < -0.3 is 14.8 Å². The van der Waals surface area contributed by atoms with Gasteiger partial charge in [-0.2, -0.15) is 0 Å². The van der Waals surface area contributed by atoms with E-state index < -0.39 is 0 Å². The molecule has 0 unspecified atom stereocenters. The van der Waals surface area contributed by atoms with Gasteiger partial charge in [0.15, 0.2) is 0 Å². The van der Waals surface area contributed by atoms with Crippen LogP contribution in [-0.2, 0) is 9.47 Å². The number of epoxide rings is 1. The van der Waals surface area contributed by atoms with E-state index in [1.165, 1.54) is 0 Å². The molecular formula is C8H15NO3. The molecule has 70 valence electrons. The van der Waals surface area contributed by atoms with Gasteiger partial charge in [0.05, 0.1) is 6.61 Å². The highest BCUT2D eigenvalue weighted by molar-refractivity contribution is 5.68. The Morgan fingerprint density at radius 1 is 1.67 bits per heavy atom. The van der Waals surface area contributed by atoms with Crippen molar-refractivity contribution in [3.05, 3.63) is 0 Å². The predicted octanol–water partition coefficient (Wildman–Crippen LogP) is 0.910. The lowest BCUT2D eigenvalue weighted by Crippen LogP contribution is -2.41. The van der Waals surface area contributed by atoms with Crippen molar-refractivity contribution in [2.24, 2.45) is 0 Å². The van der Waals surface area contributed by atoms with E-state index in [-0.39, 0.29) is 17.7 Å². The summed E-state index contributed by atoms with van der Waals surface area (Å²) in [7, 11) is 0. The molecule has 4 nitrogen and oxygen atoms in total. The van der Waals surface area contributed by atoms with Gasteiger partial charge in [0.25, 0.3) is 0 Å². The fourth-order valence-electron chi connectivity index (χ4n) is 0.675. The number of hydrogen-bond donors (Lipinski definition) is 1. The zero-order valence-electron chi connectivity index (χ0n) is 7.72. The van der Waals surface area contributed by atoms with Crippen LogP contribution in [0.5, 0.6) is 0 Å². The van der Waals surface area contributed by atoms with E-state index in [0.717, 1.165) is 0 Å². The Labute approximate surface area is 72.2 Å². The molecule has 0 aromatic rings. The number of carbonyl (C=O) groups is 1. The number of amides is 1. The first-order chi connectivity index (χ1) is 5.47. The third-order valence-electron chi connectivity index (χ3n) is 1.28. The second kappa shape index (κ2) is 3.31. The van der Waals surface area contributed by atoms with Gasteiger partial charge in [-0.05, 0) is 20.8 Å². The number of nitrogens with one attached hydrogen (secondary N) is 1. The van der Waals surface area contributed by atoms with E-state index in [1.54, 1.807) is 0 Å². The topological polar surface area (TPSA) is 50.9 Å². The van der Waals surface area contributed by atoms with E-state index in [0.29, 0.717) is 13.2 Å². The Morgan fingerprint density at radius 3 is 2.67 bits per heavy atom. The van der Waals surface area contributed by atoms with Gasteiger partial charge in [0, 0.05) is 5.54 Å². The van der Waals surface area contributed by atoms with Crippen LogP contribution in [0.25, 0.3) is 0 Å². The van der Waals surface area contributed by atoms with E-state index in [1.807, 2.05) is 20.8 Å². The van der Waals surface area contributed by atoms with Crippen LogP contribution in [0.2, 0.25) is 0 Å². The van der Waals surface area contributed by atoms with Crippen LogP contribution in [0.1, 0.15) is 20.8 Å². The van der Waals surface area contributed by atoms with Crippen molar-refractivity contribution in [3.8, 4) is 0 Å². The number of ether oxygens (including phenoxy) is 2. The highest BCUT2D eigenvalue weighted by Gasteiger charge is 2.25. The fraction of sp³-hybridized carbons (Fsp3) is 0.875. The first kappa shape index (κ1) is 9.32. The number of hydrogen-bond acceptors (Lipinski definition) is 3. The van der Waals surface area contributed by atoms with Crippen LogP contribution in [0.3, 0.4) is 0 Å². The Kier molecular flexibility index (Phi) is 2.57. The van der Waals surface area contributed by atoms with Crippen LogP contribution in [0.15, 0.2) is 0 Å². The molecule has 1 atom stereocenters. The van der Waals surface area contributed by atoms with Crippen LogP contribution in [-0.4, -0.2) is 30.9 Å². The summed E-state index contributed by atoms with van der Waals surface area (Å²) in [6.07, 6.45) is -0.242. The maximum atomic E-state index is 11.0. The van der Waals surface area contributed by atoms with Crippen molar-refractivity contribution >= 4 is 6.09 Å². The van der Waals surface area contributed by atoms with Crippen LogP contribution < -0.4 is 5.32 Å². The Bertz CT molecular complexity index is 170. The van der Waals surface area contributed by atoms with Crippen molar-refractivity contribution in [3.63, 3.8) is 0 Å². The molecule has 0 aliphatic carbocycles. The molecule has 1 saturated heterocycles. The Hall–Kier alpha value is -0.770. The lowest BCUT2D eigenvalue weighted by molar-refractivity contribution is 0.128. The molecule has 0 aromatic carbocycles. The fourth-order valence-corrected chi connectivity index (χ4v) is 0.675. The van der Waals surface area contributed by atoms with Crippen molar-refractivity contribution in [2.75, 3.05) is 13.2 Å². The second-order valence-electron chi connectivity index (χ2n) is 3.93. The highest BCUT2D eigenvalue weighted by Crippen LogP contribution is 2.08. The number of rotatable bonds is 2. The summed E-state index contributed by atoms with van der Waals surface area (Å²) in [5.74, 6) is 0. The van der Waals surface area contributed by atoms with E-state index in [4.69, 9.17) is 9.47 Å². The molecule has 1 amide bonds. The Balaban J connectivity index is 2.10. The van der Waals surface area contributed by atoms with Crippen LogP contribution in [0, 0.1) is 0 Å². The Morgan fingerprint density at radius 2 is 2.25 bits per heavy atom. The third-order valence-corrected chi connectivity index (χ3v) is 1.28. The van der Waals surface area contributed by atoms with Crippen LogP contribution in [0.4, 0.5) is 4.79 Å². The summed E-state index contributed by atoms with van der Waals surface area (Å²) in [6.45, 7) is 6.79. The van der Waals surface area contributed by atoms with Gasteiger partial charge in [0.2, 0.25) is 0 Å². The van der Waals surface area contributed by atoms with Gasteiger partial charge in [-0.15, -0.1) is 0 Å². The summed E-state index contributed by atoms with van der Waals surface area (Å²) < 4.78 is 9.75. The summed E-state index contributed by atoms with van der Waals surface area (Å²) in [4.78, 5) is 11.0. The van der Waals surface area contributed by atoms with E-state index in [2.05, 4.69) is 5.32 Å². The maximum Gasteiger partial charge on any atom is 0.407 e. The molecule has 1 rings (SSSR count). The first-order valence-electron chi connectivity index (χ1n) is 4.04. The lowest BCUT2D eigenvalue weighted by Gasteiger charge is -2.19. The van der Waals surface area contributed by atoms with Gasteiger partial charge in [0.1, 0.15) is 12.7 Å². The first-order valence-corrected chi connectivity index (χ1v) is 4.04. The van der Waals surface area contributed by atoms with E-state index >= 15 is 0 Å². The zero-order valence-corrected chi connectivity index (χ0v) is 7.72. The smallest absolute Gasteiger partial charge is 0.407 e. The van der Waals surface area contributed by atoms with Crippen LogP contribution >= 0.6 is 0 Å². The maximum absolute atomic E-state index is 11.0. The molecule has 0 bridgehead atoms. The SMILES string of the molecule is CC(C)(C)NC(=O)OC[C@@H]1CO1. The van der Waals surface area contributed by atoms with Gasteiger partial charge in [-0.25, -0.2) is 4.79 Å². The average molecular weight is 173 g/mol. The van der Waals surface area contributed by atoms with Crippen molar-refractivity contribution in [1.29, 1.82) is 0 Å². The summed E-state index contributed by atoms with van der Waals surface area (Å²) in [5.41, 5.74) is -0.235. The van der Waals surface area contributed by atoms with Gasteiger partial charge in [-0.3, -0.25) is 0 Å². The van der Waals surface area contributed by atoms with Crippen molar-refractivity contribution < 1.29 is 14.3 Å². The molecule has 4 heteroatoms. The highest BCUT2D eigenvalue weighted by atomic mass is 16.6. The molecule has 1 aliphatic heterocycles. The average Bonchev–Trinajstić information content (AvgIpc) is 2.61. The standard InChI is InChI=1S/C8H15NO3/c1-8(2,3)9-7(10)12-5-6-4-11-6/h6H,4-5H2,1-3H3,(H,9,10)/t6-/m0/s1. The lowest BCUT2D eigenvalue weighted by atomic mass is 10.1. The second-order valence-corrected chi connectivity index (χ2v) is 3.93. The predicted molar refractivity (Wildman–Crippen MR) is 44.0 cm³/mol. The minimum atomic E-state index is -0.377. The minimum Gasteiger partial charge on any atom is -0.447 e. The largest absolute Gasteiger partial charge is 0.447 e. The molecule has 0 saturated carbocycles. The summed E-state index contributed by atoms with van der Waals surface area (Å²) in [5, 5.41) is 2.69. The van der Waals surface area contributed by atoms with Gasteiger partial charge in [-0.1, -0.05) is 0 Å². The van der Waals surface area contributed by atoms with Crippen molar-refractivity contribution in [1.82, 2.24) is 5.32 Å². The summed E-state index contributed by atoms with van der Waals surface area (Å²) >= 11 is 0. The quantitative estimate of drug-likeness (QED) is 0.631. The minimum absolute atomic E-state index is 0.135. The molecule has 1 N–H and O–H groups in total. The molecule has 0 spiro atoms. The van der Waals surface area contributed by atoms with Crippen molar-refractivity contribution in [2.45, 2.75) is 32.4 Å². The normalized spacial score (nSPS) is 21.8. The molecule has 1 aliphatic rings. The summed E-state index contributed by atoms with van der Waals surface area (Å²) in [6, 6.07) is 0.